The van der Waals surface area contributed by atoms with E-state index in [0.717, 1.165) is 10.8 Å². The number of hydrogen-bond donors (Lipinski definition) is 3. The van der Waals surface area contributed by atoms with Crippen molar-refractivity contribution in [2.24, 2.45) is 0 Å². The second-order valence-electron chi connectivity index (χ2n) is 5.66. The van der Waals surface area contributed by atoms with Gasteiger partial charge in [-0.3, -0.25) is 0 Å². The van der Waals surface area contributed by atoms with Crippen molar-refractivity contribution >= 4 is 28.2 Å². The largest absolute Gasteiger partial charge is 0.493 e. The Hall–Kier alpha value is -3.48. The maximum atomic E-state index is 11.8. The van der Waals surface area contributed by atoms with Gasteiger partial charge < -0.3 is 25.6 Å². The summed E-state index contributed by atoms with van der Waals surface area (Å²) >= 11 is 0. The Morgan fingerprint density at radius 3 is 2.58 bits per heavy atom. The molecule has 7 nitrogen and oxygen atoms in total. The number of rotatable bonds is 6. The summed E-state index contributed by atoms with van der Waals surface area (Å²) in [5.74, 6) is 0.430. The Morgan fingerprint density at radius 1 is 1.12 bits per heavy atom. The van der Waals surface area contributed by atoms with E-state index in [0.29, 0.717) is 28.6 Å². The van der Waals surface area contributed by atoms with Gasteiger partial charge in [0.25, 0.3) is 0 Å². The molecule has 0 radical (unpaired) electrons. The minimum atomic E-state index is -1.01. The van der Waals surface area contributed by atoms with Crippen LogP contribution in [-0.4, -0.2) is 30.3 Å². The zero-order valence-corrected chi connectivity index (χ0v) is 14.4. The van der Waals surface area contributed by atoms with Crippen LogP contribution in [0.3, 0.4) is 0 Å². The standard InChI is InChI=1S/C19H19N3O4/c1-25-15-6-3-12(10-16(15)26-2)17(19(23)24)22-13-4-5-14-11(9-13)7-8-21-18(14)20/h3-10,17,22H,1-2H3,(H2,20,21)(H,23,24). The number of nitrogens with two attached hydrogens (primary N) is 1. The number of hydrogen-bond acceptors (Lipinski definition) is 6. The monoisotopic (exact) mass is 353 g/mol. The lowest BCUT2D eigenvalue weighted by atomic mass is 10.0. The highest BCUT2D eigenvalue weighted by atomic mass is 16.5. The predicted molar refractivity (Wildman–Crippen MR) is 99.7 cm³/mol. The van der Waals surface area contributed by atoms with E-state index in [2.05, 4.69) is 10.3 Å². The Kier molecular flexibility index (Phi) is 4.79. The summed E-state index contributed by atoms with van der Waals surface area (Å²) in [6, 6.07) is 11.3. The molecule has 2 aromatic carbocycles. The van der Waals surface area contributed by atoms with Crippen LogP contribution in [0.25, 0.3) is 10.8 Å². The zero-order chi connectivity index (χ0) is 18.7. The topological polar surface area (TPSA) is 107 Å². The molecule has 1 atom stereocenters. The Bertz CT molecular complexity index is 959. The molecule has 1 heterocycles. The fourth-order valence-corrected chi connectivity index (χ4v) is 2.78. The van der Waals surface area contributed by atoms with Crippen LogP contribution >= 0.6 is 0 Å². The number of aliphatic carboxylic acids is 1. The summed E-state index contributed by atoms with van der Waals surface area (Å²) in [5.41, 5.74) is 7.06. The molecule has 0 saturated heterocycles. The highest BCUT2D eigenvalue weighted by molar-refractivity contribution is 5.93. The van der Waals surface area contributed by atoms with Crippen molar-refractivity contribution in [3.8, 4) is 11.5 Å². The van der Waals surface area contributed by atoms with Gasteiger partial charge in [0.15, 0.2) is 17.5 Å². The lowest BCUT2D eigenvalue weighted by Gasteiger charge is -2.18. The number of fused-ring (bicyclic) bond motifs is 1. The molecule has 0 aliphatic rings. The normalized spacial score (nSPS) is 11.8. The van der Waals surface area contributed by atoms with Gasteiger partial charge in [-0.05, 0) is 47.3 Å². The Labute approximate surface area is 150 Å². The van der Waals surface area contributed by atoms with Crippen molar-refractivity contribution in [1.82, 2.24) is 4.98 Å². The lowest BCUT2D eigenvalue weighted by molar-refractivity contribution is -0.138. The SMILES string of the molecule is COc1ccc(C(Nc2ccc3c(N)nccc3c2)C(=O)O)cc1OC. The Balaban J connectivity index is 1.96. The van der Waals surface area contributed by atoms with E-state index in [1.165, 1.54) is 14.2 Å². The van der Waals surface area contributed by atoms with Crippen molar-refractivity contribution in [2.75, 3.05) is 25.3 Å². The van der Waals surface area contributed by atoms with Crippen LogP contribution < -0.4 is 20.5 Å². The number of carboxylic acid groups (broad SMARTS) is 1. The molecular weight excluding hydrogens is 334 g/mol. The molecular formula is C19H19N3O4. The first kappa shape index (κ1) is 17.3. The molecule has 0 aliphatic carbocycles. The number of carboxylic acids is 1. The molecule has 1 unspecified atom stereocenters. The zero-order valence-electron chi connectivity index (χ0n) is 14.4. The van der Waals surface area contributed by atoms with Gasteiger partial charge in [-0.15, -0.1) is 0 Å². The molecule has 0 aliphatic heterocycles. The summed E-state index contributed by atoms with van der Waals surface area (Å²) in [7, 11) is 3.03. The van der Waals surface area contributed by atoms with Crippen molar-refractivity contribution in [2.45, 2.75) is 6.04 Å². The van der Waals surface area contributed by atoms with E-state index in [4.69, 9.17) is 15.2 Å². The van der Waals surface area contributed by atoms with Gasteiger partial charge in [-0.25, -0.2) is 9.78 Å². The van der Waals surface area contributed by atoms with Crippen molar-refractivity contribution < 1.29 is 19.4 Å². The summed E-state index contributed by atoms with van der Waals surface area (Å²) in [5, 5.41) is 14.4. The molecule has 1 aromatic heterocycles. The first-order chi connectivity index (χ1) is 12.5. The molecule has 134 valence electrons. The smallest absolute Gasteiger partial charge is 0.330 e. The molecule has 3 rings (SSSR count). The van der Waals surface area contributed by atoms with E-state index in [1.54, 1.807) is 30.5 Å². The number of aromatic nitrogens is 1. The molecule has 26 heavy (non-hydrogen) atoms. The molecule has 3 aromatic rings. The van der Waals surface area contributed by atoms with Crippen LogP contribution in [0.5, 0.6) is 11.5 Å². The molecule has 4 N–H and O–H groups in total. The summed E-state index contributed by atoms with van der Waals surface area (Å²) in [6.45, 7) is 0. The quantitative estimate of drug-likeness (QED) is 0.625. The number of carbonyl (C=O) groups is 1. The number of benzene rings is 2. The van der Waals surface area contributed by atoms with Crippen molar-refractivity contribution in [3.63, 3.8) is 0 Å². The fraction of sp³-hybridized carbons (Fsp3) is 0.158. The van der Waals surface area contributed by atoms with Gasteiger partial charge in [0.1, 0.15) is 5.82 Å². The number of methoxy groups -OCH3 is 2. The maximum Gasteiger partial charge on any atom is 0.330 e. The van der Waals surface area contributed by atoms with Crippen LogP contribution in [0.1, 0.15) is 11.6 Å². The number of nitrogens with one attached hydrogen (secondary N) is 1. The Morgan fingerprint density at radius 2 is 1.88 bits per heavy atom. The summed E-state index contributed by atoms with van der Waals surface area (Å²) < 4.78 is 10.5. The van der Waals surface area contributed by atoms with Gasteiger partial charge >= 0.3 is 5.97 Å². The molecule has 0 fully saturated rings. The highest BCUT2D eigenvalue weighted by Crippen LogP contribution is 2.32. The number of nitrogens with zero attached hydrogens (tertiary/aromatic N) is 1. The molecule has 7 heteroatoms. The molecule has 0 amide bonds. The van der Waals surface area contributed by atoms with Crippen LogP contribution in [0.2, 0.25) is 0 Å². The van der Waals surface area contributed by atoms with Gasteiger partial charge in [-0.2, -0.15) is 0 Å². The average molecular weight is 353 g/mol. The molecule has 0 saturated carbocycles. The number of ether oxygens (including phenoxy) is 2. The van der Waals surface area contributed by atoms with E-state index in [-0.39, 0.29) is 0 Å². The first-order valence-corrected chi connectivity index (χ1v) is 7.89. The van der Waals surface area contributed by atoms with E-state index in [9.17, 15) is 9.90 Å². The van der Waals surface area contributed by atoms with Crippen LogP contribution in [0, 0.1) is 0 Å². The van der Waals surface area contributed by atoms with E-state index >= 15 is 0 Å². The third-order valence-corrected chi connectivity index (χ3v) is 4.09. The minimum absolute atomic E-state index is 0.434. The van der Waals surface area contributed by atoms with Gasteiger partial charge in [0.05, 0.1) is 14.2 Å². The highest BCUT2D eigenvalue weighted by Gasteiger charge is 2.21. The van der Waals surface area contributed by atoms with Crippen molar-refractivity contribution in [3.05, 3.63) is 54.2 Å². The third kappa shape index (κ3) is 3.32. The average Bonchev–Trinajstić information content (AvgIpc) is 2.65. The van der Waals surface area contributed by atoms with E-state index in [1.807, 2.05) is 18.2 Å². The first-order valence-electron chi connectivity index (χ1n) is 7.89. The second-order valence-corrected chi connectivity index (χ2v) is 5.66. The van der Waals surface area contributed by atoms with Gasteiger partial charge in [0, 0.05) is 17.3 Å². The second kappa shape index (κ2) is 7.18. The van der Waals surface area contributed by atoms with Crippen LogP contribution in [0.15, 0.2) is 48.7 Å². The lowest BCUT2D eigenvalue weighted by Crippen LogP contribution is -2.20. The maximum absolute atomic E-state index is 11.8. The predicted octanol–water partition coefficient (Wildman–Crippen LogP) is 3.07. The minimum Gasteiger partial charge on any atom is -0.493 e. The van der Waals surface area contributed by atoms with E-state index < -0.39 is 12.0 Å². The van der Waals surface area contributed by atoms with Crippen LogP contribution in [0.4, 0.5) is 11.5 Å². The number of nitrogen functional groups attached to an aromatic ring is 1. The number of anilines is 2. The number of pyridine rings is 1. The van der Waals surface area contributed by atoms with Gasteiger partial charge in [0.2, 0.25) is 0 Å². The fourth-order valence-electron chi connectivity index (χ4n) is 2.78. The third-order valence-electron chi connectivity index (χ3n) is 4.09. The molecule has 0 bridgehead atoms. The van der Waals surface area contributed by atoms with Gasteiger partial charge in [-0.1, -0.05) is 6.07 Å². The van der Waals surface area contributed by atoms with Crippen LogP contribution in [-0.2, 0) is 4.79 Å². The summed E-state index contributed by atoms with van der Waals surface area (Å²) in [4.78, 5) is 15.9. The molecule has 0 spiro atoms. The summed E-state index contributed by atoms with van der Waals surface area (Å²) in [6.07, 6.45) is 1.62. The van der Waals surface area contributed by atoms with Crippen molar-refractivity contribution in [1.29, 1.82) is 0 Å².